The fourth-order valence-corrected chi connectivity index (χ4v) is 3.10. The van der Waals surface area contributed by atoms with Crippen molar-refractivity contribution in [2.45, 2.75) is 45.8 Å². The van der Waals surface area contributed by atoms with E-state index in [9.17, 15) is 4.79 Å². The van der Waals surface area contributed by atoms with Gasteiger partial charge in [0.25, 0.3) is 0 Å². The second-order valence-electron chi connectivity index (χ2n) is 6.29. The highest BCUT2D eigenvalue weighted by atomic mass is 16.6. The summed E-state index contributed by atoms with van der Waals surface area (Å²) in [7, 11) is 0. The van der Waals surface area contributed by atoms with E-state index in [2.05, 4.69) is 34.5 Å². The Morgan fingerprint density at radius 1 is 1.27 bits per heavy atom. The molecule has 1 aromatic rings. The SMILES string of the molecule is CC.CC(=O)OC1(C)CN(Cc2ccc(C3CNC3)cc2)C1. The molecular weight excluding hydrogens is 276 g/mol. The highest BCUT2D eigenvalue weighted by molar-refractivity contribution is 5.66. The van der Waals surface area contributed by atoms with Gasteiger partial charge in [-0.15, -0.1) is 0 Å². The Morgan fingerprint density at radius 3 is 2.32 bits per heavy atom. The number of nitrogens with one attached hydrogen (secondary N) is 1. The molecule has 1 N–H and O–H groups in total. The van der Waals surface area contributed by atoms with Crippen molar-refractivity contribution in [3.05, 3.63) is 35.4 Å². The summed E-state index contributed by atoms with van der Waals surface area (Å²) in [5.41, 5.74) is 2.47. The molecule has 2 heterocycles. The van der Waals surface area contributed by atoms with E-state index in [1.807, 2.05) is 20.8 Å². The number of esters is 1. The lowest BCUT2D eigenvalue weighted by Gasteiger charge is -2.46. The lowest BCUT2D eigenvalue weighted by Crippen LogP contribution is -2.61. The maximum absolute atomic E-state index is 11.0. The Bertz CT molecular complexity index is 488. The molecular formula is C18H28N2O2. The summed E-state index contributed by atoms with van der Waals surface area (Å²) in [6.07, 6.45) is 0. The third-order valence-corrected chi connectivity index (χ3v) is 4.15. The average molecular weight is 304 g/mol. The lowest BCUT2D eigenvalue weighted by atomic mass is 9.92. The van der Waals surface area contributed by atoms with Crippen LogP contribution in [-0.4, -0.2) is 42.6 Å². The van der Waals surface area contributed by atoms with Crippen LogP contribution in [0.1, 0.15) is 44.7 Å². The van der Waals surface area contributed by atoms with Crippen molar-refractivity contribution in [3.63, 3.8) is 0 Å². The van der Waals surface area contributed by atoms with Crippen LogP contribution in [0.2, 0.25) is 0 Å². The number of benzene rings is 1. The number of ether oxygens (including phenoxy) is 1. The molecule has 1 aromatic carbocycles. The molecule has 2 fully saturated rings. The summed E-state index contributed by atoms with van der Waals surface area (Å²) >= 11 is 0. The minimum atomic E-state index is -0.288. The van der Waals surface area contributed by atoms with Crippen molar-refractivity contribution in [2.24, 2.45) is 0 Å². The minimum absolute atomic E-state index is 0.189. The quantitative estimate of drug-likeness (QED) is 0.868. The van der Waals surface area contributed by atoms with Gasteiger partial charge in [-0.05, 0) is 18.1 Å². The molecule has 0 unspecified atom stereocenters. The van der Waals surface area contributed by atoms with Gasteiger partial charge in [0.05, 0.1) is 0 Å². The predicted octanol–water partition coefficient (Wildman–Crippen LogP) is 2.54. The fraction of sp³-hybridized carbons (Fsp3) is 0.611. The van der Waals surface area contributed by atoms with E-state index in [-0.39, 0.29) is 11.6 Å². The highest BCUT2D eigenvalue weighted by Crippen LogP contribution is 2.27. The van der Waals surface area contributed by atoms with Crippen LogP contribution in [0.15, 0.2) is 24.3 Å². The van der Waals surface area contributed by atoms with E-state index >= 15 is 0 Å². The van der Waals surface area contributed by atoms with Gasteiger partial charge in [-0.25, -0.2) is 0 Å². The summed E-state index contributed by atoms with van der Waals surface area (Å²) in [5, 5.41) is 3.30. The molecule has 4 nitrogen and oxygen atoms in total. The van der Waals surface area contributed by atoms with Crippen LogP contribution in [0.4, 0.5) is 0 Å². The molecule has 2 aliphatic rings. The van der Waals surface area contributed by atoms with Gasteiger partial charge in [0.15, 0.2) is 0 Å². The highest BCUT2D eigenvalue weighted by Gasteiger charge is 2.41. The first-order chi connectivity index (χ1) is 10.5. The van der Waals surface area contributed by atoms with Crippen LogP contribution in [0.25, 0.3) is 0 Å². The van der Waals surface area contributed by atoms with Crippen LogP contribution in [0.5, 0.6) is 0 Å². The second kappa shape index (κ2) is 7.25. The van der Waals surface area contributed by atoms with Crippen molar-refractivity contribution < 1.29 is 9.53 Å². The molecule has 4 heteroatoms. The Balaban J connectivity index is 0.000000847. The van der Waals surface area contributed by atoms with E-state index in [1.165, 1.54) is 18.1 Å². The van der Waals surface area contributed by atoms with Crippen molar-refractivity contribution in [3.8, 4) is 0 Å². The molecule has 122 valence electrons. The molecule has 0 amide bonds. The standard InChI is InChI=1S/C16H22N2O2.C2H6/c1-12(19)20-16(2)10-18(11-16)9-13-3-5-14(6-4-13)15-7-17-8-15;1-2/h3-6,15,17H,7-11H2,1-2H3;1-2H3. The van der Waals surface area contributed by atoms with Crippen LogP contribution in [0.3, 0.4) is 0 Å². The predicted molar refractivity (Wildman–Crippen MR) is 88.8 cm³/mol. The van der Waals surface area contributed by atoms with Crippen molar-refractivity contribution in [1.29, 1.82) is 0 Å². The Labute approximate surface area is 133 Å². The summed E-state index contributed by atoms with van der Waals surface area (Å²) in [6.45, 7) is 12.2. The second-order valence-corrected chi connectivity index (χ2v) is 6.29. The zero-order valence-corrected chi connectivity index (χ0v) is 14.2. The minimum Gasteiger partial charge on any atom is -0.457 e. The van der Waals surface area contributed by atoms with Gasteiger partial charge in [-0.1, -0.05) is 38.1 Å². The van der Waals surface area contributed by atoms with Crippen LogP contribution < -0.4 is 5.32 Å². The number of likely N-dealkylation sites (tertiary alicyclic amines) is 1. The van der Waals surface area contributed by atoms with E-state index in [0.717, 1.165) is 32.7 Å². The molecule has 22 heavy (non-hydrogen) atoms. The van der Waals surface area contributed by atoms with Crippen molar-refractivity contribution in [2.75, 3.05) is 26.2 Å². The normalized spacial score (nSPS) is 20.2. The van der Waals surface area contributed by atoms with Gasteiger partial charge in [-0.2, -0.15) is 0 Å². The number of nitrogens with zero attached hydrogens (tertiary/aromatic N) is 1. The van der Waals surface area contributed by atoms with Gasteiger partial charge >= 0.3 is 5.97 Å². The molecule has 0 aromatic heterocycles. The molecule has 0 bridgehead atoms. The number of rotatable bonds is 4. The Morgan fingerprint density at radius 2 is 1.86 bits per heavy atom. The summed E-state index contributed by atoms with van der Waals surface area (Å²) in [5.74, 6) is 0.505. The summed E-state index contributed by atoms with van der Waals surface area (Å²) in [4.78, 5) is 13.3. The van der Waals surface area contributed by atoms with Gasteiger partial charge in [0.1, 0.15) is 5.60 Å². The maximum Gasteiger partial charge on any atom is 0.303 e. The van der Waals surface area contributed by atoms with Crippen LogP contribution in [0, 0.1) is 0 Å². The summed E-state index contributed by atoms with van der Waals surface area (Å²) in [6, 6.07) is 8.92. The Hall–Kier alpha value is -1.39. The Kier molecular flexibility index (Phi) is 5.59. The molecule has 0 atom stereocenters. The summed E-state index contributed by atoms with van der Waals surface area (Å²) < 4.78 is 5.33. The number of hydrogen-bond acceptors (Lipinski definition) is 4. The molecule has 0 radical (unpaired) electrons. The van der Waals surface area contributed by atoms with Gasteiger partial charge in [0.2, 0.25) is 0 Å². The fourth-order valence-electron chi connectivity index (χ4n) is 3.10. The van der Waals surface area contributed by atoms with Gasteiger partial charge < -0.3 is 10.1 Å². The third-order valence-electron chi connectivity index (χ3n) is 4.15. The molecule has 0 aliphatic carbocycles. The molecule has 3 rings (SSSR count). The number of carbonyl (C=O) groups is 1. The first-order valence-electron chi connectivity index (χ1n) is 8.26. The number of carbonyl (C=O) groups excluding carboxylic acids is 1. The van der Waals surface area contributed by atoms with E-state index in [1.54, 1.807) is 0 Å². The first kappa shape index (κ1) is 17.0. The molecule has 2 saturated heterocycles. The maximum atomic E-state index is 11.0. The van der Waals surface area contributed by atoms with Crippen molar-refractivity contribution >= 4 is 5.97 Å². The largest absolute Gasteiger partial charge is 0.457 e. The monoisotopic (exact) mass is 304 g/mol. The van der Waals surface area contributed by atoms with Crippen LogP contribution >= 0.6 is 0 Å². The van der Waals surface area contributed by atoms with E-state index < -0.39 is 0 Å². The van der Waals surface area contributed by atoms with Gasteiger partial charge in [0, 0.05) is 45.6 Å². The van der Waals surface area contributed by atoms with Crippen LogP contribution in [-0.2, 0) is 16.1 Å². The zero-order valence-electron chi connectivity index (χ0n) is 14.2. The third kappa shape index (κ3) is 4.08. The lowest BCUT2D eigenvalue weighted by molar-refractivity contribution is -0.174. The van der Waals surface area contributed by atoms with E-state index in [0.29, 0.717) is 5.92 Å². The van der Waals surface area contributed by atoms with Crippen molar-refractivity contribution in [1.82, 2.24) is 10.2 Å². The molecule has 0 saturated carbocycles. The smallest absolute Gasteiger partial charge is 0.303 e. The number of hydrogen-bond donors (Lipinski definition) is 1. The first-order valence-corrected chi connectivity index (χ1v) is 8.26. The molecule has 2 aliphatic heterocycles. The zero-order chi connectivity index (χ0) is 16.2. The average Bonchev–Trinajstić information content (AvgIpc) is 2.38. The molecule has 0 spiro atoms. The topological polar surface area (TPSA) is 41.6 Å². The van der Waals surface area contributed by atoms with E-state index in [4.69, 9.17) is 4.74 Å². The van der Waals surface area contributed by atoms with Gasteiger partial charge in [-0.3, -0.25) is 9.69 Å².